The maximum Gasteiger partial charge on any atom is 0.414 e. The number of halogens is 1. The van der Waals surface area contributed by atoms with Gasteiger partial charge in [-0.2, -0.15) is 0 Å². The summed E-state index contributed by atoms with van der Waals surface area (Å²) in [5.41, 5.74) is 2.30. The molecule has 0 bridgehead atoms. The quantitative estimate of drug-likeness (QED) is 0.309. The third-order valence-corrected chi connectivity index (χ3v) is 6.89. The predicted molar refractivity (Wildman–Crippen MR) is 149 cm³/mol. The van der Waals surface area contributed by atoms with Gasteiger partial charge in [-0.25, -0.2) is 9.18 Å². The highest BCUT2D eigenvalue weighted by Crippen LogP contribution is 2.28. The number of ether oxygens (including phenoxy) is 1. The fourth-order valence-electron chi connectivity index (χ4n) is 4.65. The molecule has 1 atom stereocenters. The molecule has 2 aliphatic heterocycles. The van der Waals surface area contributed by atoms with E-state index < -0.39 is 18.0 Å². The van der Waals surface area contributed by atoms with E-state index in [1.54, 1.807) is 29.2 Å². The summed E-state index contributed by atoms with van der Waals surface area (Å²) in [6, 6.07) is 11.8. The van der Waals surface area contributed by atoms with Gasteiger partial charge < -0.3 is 19.9 Å². The lowest BCUT2D eigenvalue weighted by Gasteiger charge is -2.36. The number of amides is 3. The van der Waals surface area contributed by atoms with E-state index in [0.29, 0.717) is 62.4 Å². The largest absolute Gasteiger partial charge is 0.442 e. The zero-order valence-electron chi connectivity index (χ0n) is 22.7. The van der Waals surface area contributed by atoms with Crippen LogP contribution in [-0.4, -0.2) is 74.0 Å². The van der Waals surface area contributed by atoms with E-state index in [1.807, 2.05) is 17.0 Å². The molecule has 2 saturated heterocycles. The number of nitrogens with zero attached hydrogens (tertiary/aromatic N) is 3. The molecule has 2 fully saturated rings. The van der Waals surface area contributed by atoms with Crippen molar-refractivity contribution in [3.63, 3.8) is 0 Å². The van der Waals surface area contributed by atoms with Gasteiger partial charge >= 0.3 is 6.09 Å². The molecular formula is C30H33FN4O5. The van der Waals surface area contributed by atoms with Crippen molar-refractivity contribution in [2.24, 2.45) is 0 Å². The summed E-state index contributed by atoms with van der Waals surface area (Å²) in [5.74, 6) is 5.54. The second-order valence-electron chi connectivity index (χ2n) is 9.85. The minimum absolute atomic E-state index is 0.0164. The molecule has 40 heavy (non-hydrogen) atoms. The normalized spacial score (nSPS) is 16.7. The Kier molecular flexibility index (Phi) is 9.38. The molecule has 9 nitrogen and oxygen atoms in total. The maximum atomic E-state index is 15.1. The first-order valence-electron chi connectivity index (χ1n) is 13.4. The van der Waals surface area contributed by atoms with Gasteiger partial charge in [0.2, 0.25) is 11.8 Å². The SMILES string of the molecule is CC(=O)NC[C@H]1CN(c2ccc(N3CCN(C(=O)CCCC#Cc4ccc(C(C)=O)cc4)CC3)c(F)c2)C(=O)O1. The summed E-state index contributed by atoms with van der Waals surface area (Å²) in [7, 11) is 0. The molecule has 0 spiro atoms. The molecule has 0 aromatic heterocycles. The number of cyclic esters (lactones) is 1. The smallest absolute Gasteiger partial charge is 0.414 e. The number of carbonyl (C=O) groups is 4. The van der Waals surface area contributed by atoms with Gasteiger partial charge in [0.15, 0.2) is 5.78 Å². The summed E-state index contributed by atoms with van der Waals surface area (Å²) < 4.78 is 20.3. The molecule has 4 rings (SSSR count). The van der Waals surface area contributed by atoms with Crippen LogP contribution in [0.25, 0.3) is 0 Å². The van der Waals surface area contributed by atoms with E-state index >= 15 is 4.39 Å². The van der Waals surface area contributed by atoms with Gasteiger partial charge in [-0.3, -0.25) is 19.3 Å². The van der Waals surface area contributed by atoms with E-state index in [2.05, 4.69) is 17.2 Å². The highest BCUT2D eigenvalue weighted by molar-refractivity contribution is 5.94. The van der Waals surface area contributed by atoms with Gasteiger partial charge in [0.05, 0.1) is 24.5 Å². The second-order valence-corrected chi connectivity index (χ2v) is 9.85. The number of Topliss-reactive ketones (excluding diaryl/α,β-unsaturated/α-hetero) is 1. The second kappa shape index (κ2) is 13.1. The number of benzene rings is 2. The fourth-order valence-corrected chi connectivity index (χ4v) is 4.65. The Bertz CT molecular complexity index is 1330. The van der Waals surface area contributed by atoms with Crippen LogP contribution < -0.4 is 15.1 Å². The van der Waals surface area contributed by atoms with Crippen molar-refractivity contribution in [2.45, 2.75) is 39.2 Å². The standard InChI is InChI=1S/C30H33FN4O5/c1-21(36)24-10-8-23(9-11-24)6-4-3-5-7-29(38)34-16-14-33(15-17-34)28-13-12-25(18-27(28)31)35-20-26(40-30(35)39)19-32-22(2)37/h8-13,18,26H,3,5,7,14-17,19-20H2,1-2H3,(H,32,37)/t26-/m0/s1. The molecule has 0 saturated carbocycles. The molecule has 3 amide bonds. The van der Waals surface area contributed by atoms with Gasteiger partial charge in [-0.05, 0) is 43.7 Å². The van der Waals surface area contributed by atoms with Crippen LogP contribution in [0.1, 0.15) is 49.0 Å². The van der Waals surface area contributed by atoms with E-state index in [9.17, 15) is 19.2 Å². The van der Waals surface area contributed by atoms with Crippen LogP contribution in [0.2, 0.25) is 0 Å². The van der Waals surface area contributed by atoms with Crippen molar-refractivity contribution in [2.75, 3.05) is 49.1 Å². The Morgan fingerprint density at radius 3 is 2.42 bits per heavy atom. The summed E-state index contributed by atoms with van der Waals surface area (Å²) >= 11 is 0. The first kappa shape index (κ1) is 28.6. The number of unbranched alkanes of at least 4 members (excludes halogenated alkanes) is 1. The fraction of sp³-hybridized carbons (Fsp3) is 0.400. The Morgan fingerprint density at radius 1 is 1.05 bits per heavy atom. The Labute approximate surface area is 233 Å². The lowest BCUT2D eigenvalue weighted by molar-refractivity contribution is -0.131. The van der Waals surface area contributed by atoms with Crippen LogP contribution in [0.3, 0.4) is 0 Å². The Balaban J connectivity index is 1.22. The van der Waals surface area contributed by atoms with E-state index in [0.717, 1.165) is 5.56 Å². The highest BCUT2D eigenvalue weighted by Gasteiger charge is 2.33. The van der Waals surface area contributed by atoms with Crippen LogP contribution in [0, 0.1) is 17.7 Å². The third-order valence-electron chi connectivity index (χ3n) is 6.89. The number of hydrogen-bond donors (Lipinski definition) is 1. The minimum Gasteiger partial charge on any atom is -0.442 e. The number of anilines is 2. The summed E-state index contributed by atoms with van der Waals surface area (Å²) in [6.07, 6.45) is 0.566. The van der Waals surface area contributed by atoms with Crippen molar-refractivity contribution in [3.05, 3.63) is 59.4 Å². The van der Waals surface area contributed by atoms with Crippen LogP contribution in [0.4, 0.5) is 20.6 Å². The molecule has 0 radical (unpaired) electrons. The maximum absolute atomic E-state index is 15.1. The summed E-state index contributed by atoms with van der Waals surface area (Å²) in [5, 5.41) is 2.62. The predicted octanol–water partition coefficient (Wildman–Crippen LogP) is 3.36. The molecule has 0 aliphatic carbocycles. The zero-order valence-corrected chi connectivity index (χ0v) is 22.7. The van der Waals surface area contributed by atoms with E-state index in [4.69, 9.17) is 4.74 Å². The van der Waals surface area contributed by atoms with Gasteiger partial charge in [0.1, 0.15) is 11.9 Å². The zero-order chi connectivity index (χ0) is 28.6. The van der Waals surface area contributed by atoms with Crippen molar-refractivity contribution in [1.82, 2.24) is 10.2 Å². The highest BCUT2D eigenvalue weighted by atomic mass is 19.1. The van der Waals surface area contributed by atoms with Crippen molar-refractivity contribution in [3.8, 4) is 11.8 Å². The minimum atomic E-state index is -0.580. The molecule has 2 heterocycles. The number of rotatable bonds is 8. The van der Waals surface area contributed by atoms with Gasteiger partial charge in [-0.15, -0.1) is 0 Å². The first-order chi connectivity index (χ1) is 19.2. The van der Waals surface area contributed by atoms with Crippen LogP contribution in [0.5, 0.6) is 0 Å². The molecule has 210 valence electrons. The summed E-state index contributed by atoms with van der Waals surface area (Å²) in [6.45, 7) is 5.33. The van der Waals surface area contributed by atoms with Crippen LogP contribution in [-0.2, 0) is 14.3 Å². The molecule has 1 N–H and O–H groups in total. The molecular weight excluding hydrogens is 515 g/mol. The van der Waals surface area contributed by atoms with Crippen LogP contribution >= 0.6 is 0 Å². The van der Waals surface area contributed by atoms with Crippen molar-refractivity contribution >= 4 is 35.1 Å². The van der Waals surface area contributed by atoms with Crippen molar-refractivity contribution < 1.29 is 28.3 Å². The number of nitrogens with one attached hydrogen (secondary N) is 1. The summed E-state index contributed by atoms with van der Waals surface area (Å²) in [4.78, 5) is 52.4. The first-order valence-corrected chi connectivity index (χ1v) is 13.4. The van der Waals surface area contributed by atoms with E-state index in [1.165, 1.54) is 24.8 Å². The number of piperazine rings is 1. The van der Waals surface area contributed by atoms with E-state index in [-0.39, 0.29) is 30.7 Å². The number of ketones is 1. The molecule has 10 heteroatoms. The number of hydrogen-bond acceptors (Lipinski definition) is 6. The lowest BCUT2D eigenvalue weighted by atomic mass is 10.1. The van der Waals surface area contributed by atoms with Crippen molar-refractivity contribution in [1.29, 1.82) is 0 Å². The van der Waals surface area contributed by atoms with Crippen LogP contribution in [0.15, 0.2) is 42.5 Å². The molecule has 2 aromatic rings. The monoisotopic (exact) mass is 548 g/mol. The molecule has 0 unspecified atom stereocenters. The van der Waals surface area contributed by atoms with Gasteiger partial charge in [0, 0.05) is 57.1 Å². The van der Waals surface area contributed by atoms with Gasteiger partial charge in [-0.1, -0.05) is 24.0 Å². The lowest BCUT2D eigenvalue weighted by Crippen LogP contribution is -2.49. The average Bonchev–Trinajstić information content (AvgIpc) is 3.32. The third kappa shape index (κ3) is 7.38. The molecule has 2 aliphatic rings. The Morgan fingerprint density at radius 2 is 1.77 bits per heavy atom. The average molecular weight is 549 g/mol. The number of carbonyl (C=O) groups excluding carboxylic acids is 4. The van der Waals surface area contributed by atoms with Gasteiger partial charge in [0.25, 0.3) is 0 Å². The Hall–Kier alpha value is -4.39. The molecule has 2 aromatic carbocycles. The topological polar surface area (TPSA) is 99.3 Å².